The lowest BCUT2D eigenvalue weighted by atomic mass is 10.0. The first-order chi connectivity index (χ1) is 11.6. The number of aromatic nitrogens is 3. The summed E-state index contributed by atoms with van der Waals surface area (Å²) in [5.41, 5.74) is -0.216. The number of hydrogen-bond donors (Lipinski definition) is 0. The number of sulfone groups is 1. The molecule has 1 saturated carbocycles. The first-order valence-electron chi connectivity index (χ1n) is 7.28. The predicted octanol–water partition coefficient (Wildman–Crippen LogP) is 2.74. The SMILES string of the molecule is O=S(=O)(c1nc2n(n1)C(c1cc(F)ccc1F)CC2F)C1CC1(F)F. The summed E-state index contributed by atoms with van der Waals surface area (Å²) in [5.74, 6) is -5.35. The summed E-state index contributed by atoms with van der Waals surface area (Å²) in [6.07, 6.45) is -2.93. The first kappa shape index (κ1) is 16.4. The van der Waals surface area contributed by atoms with Gasteiger partial charge in [-0.2, -0.15) is 4.98 Å². The molecule has 2 aliphatic rings. The zero-order valence-electron chi connectivity index (χ0n) is 12.3. The molecule has 1 aliphatic carbocycles. The summed E-state index contributed by atoms with van der Waals surface area (Å²) >= 11 is 0. The molecule has 3 atom stereocenters. The predicted molar refractivity (Wildman–Crippen MR) is 73.5 cm³/mol. The molecule has 4 rings (SSSR count). The molecule has 11 heteroatoms. The molecule has 2 heterocycles. The smallest absolute Gasteiger partial charge is 0.239 e. The lowest BCUT2D eigenvalue weighted by molar-refractivity contribution is 0.121. The van der Waals surface area contributed by atoms with Crippen LogP contribution in [0.4, 0.5) is 22.0 Å². The molecule has 3 unspecified atom stereocenters. The Morgan fingerprint density at radius 1 is 1.24 bits per heavy atom. The number of benzene rings is 1. The van der Waals surface area contributed by atoms with Crippen LogP contribution in [0.1, 0.15) is 36.4 Å². The molecule has 0 N–H and O–H groups in total. The highest BCUT2D eigenvalue weighted by Gasteiger charge is 2.66. The zero-order chi connectivity index (χ0) is 18.1. The maximum Gasteiger partial charge on any atom is 0.267 e. The molecule has 0 bridgehead atoms. The van der Waals surface area contributed by atoms with Crippen LogP contribution in [0.2, 0.25) is 0 Å². The van der Waals surface area contributed by atoms with E-state index in [1.165, 1.54) is 0 Å². The second-order valence-corrected chi connectivity index (χ2v) is 8.11. The van der Waals surface area contributed by atoms with Crippen molar-refractivity contribution in [2.24, 2.45) is 0 Å². The third-order valence-electron chi connectivity index (χ3n) is 4.36. The Morgan fingerprint density at radius 3 is 2.56 bits per heavy atom. The molecule has 134 valence electrons. The van der Waals surface area contributed by atoms with Crippen LogP contribution >= 0.6 is 0 Å². The van der Waals surface area contributed by atoms with Crippen LogP contribution < -0.4 is 0 Å². The van der Waals surface area contributed by atoms with Gasteiger partial charge in [0.25, 0.3) is 11.1 Å². The van der Waals surface area contributed by atoms with Crippen molar-refractivity contribution in [1.82, 2.24) is 14.8 Å². The Hall–Kier alpha value is -2.04. The lowest BCUT2D eigenvalue weighted by Gasteiger charge is -2.12. The van der Waals surface area contributed by atoms with E-state index in [1.807, 2.05) is 0 Å². The minimum Gasteiger partial charge on any atom is -0.239 e. The van der Waals surface area contributed by atoms with Gasteiger partial charge < -0.3 is 0 Å². The number of rotatable bonds is 3. The molecular formula is C14H10F5N3O2S. The molecule has 1 aromatic carbocycles. The van der Waals surface area contributed by atoms with Crippen LogP contribution in [0, 0.1) is 11.6 Å². The van der Waals surface area contributed by atoms with Crippen LogP contribution in [-0.4, -0.2) is 34.4 Å². The van der Waals surface area contributed by atoms with E-state index in [4.69, 9.17) is 0 Å². The monoisotopic (exact) mass is 379 g/mol. The van der Waals surface area contributed by atoms with Crippen LogP contribution in [0.5, 0.6) is 0 Å². The van der Waals surface area contributed by atoms with E-state index < -0.39 is 62.3 Å². The summed E-state index contributed by atoms with van der Waals surface area (Å²) in [6, 6.07) is 1.48. The van der Waals surface area contributed by atoms with Crippen molar-refractivity contribution in [3.05, 3.63) is 41.2 Å². The molecule has 25 heavy (non-hydrogen) atoms. The maximum atomic E-state index is 14.2. The quantitative estimate of drug-likeness (QED) is 0.770. The van der Waals surface area contributed by atoms with E-state index in [1.54, 1.807) is 0 Å². The molecule has 1 fully saturated rings. The molecule has 0 spiro atoms. The van der Waals surface area contributed by atoms with Gasteiger partial charge in [-0.05, 0) is 18.2 Å². The van der Waals surface area contributed by atoms with Crippen molar-refractivity contribution in [1.29, 1.82) is 0 Å². The van der Waals surface area contributed by atoms with Crippen molar-refractivity contribution < 1.29 is 30.4 Å². The summed E-state index contributed by atoms with van der Waals surface area (Å²) < 4.78 is 92.7. The third kappa shape index (κ3) is 2.43. The van der Waals surface area contributed by atoms with Gasteiger partial charge in [-0.1, -0.05) is 0 Å². The number of hydrogen-bond acceptors (Lipinski definition) is 4. The van der Waals surface area contributed by atoms with Gasteiger partial charge in [-0.15, -0.1) is 5.10 Å². The average Bonchev–Trinajstić information content (AvgIpc) is 2.89. The molecule has 0 amide bonds. The Labute approximate surface area is 138 Å². The maximum absolute atomic E-state index is 14.2. The fraction of sp³-hybridized carbons (Fsp3) is 0.429. The molecule has 5 nitrogen and oxygen atoms in total. The molecular weight excluding hydrogens is 369 g/mol. The van der Waals surface area contributed by atoms with E-state index in [-0.39, 0.29) is 12.0 Å². The lowest BCUT2D eigenvalue weighted by Crippen LogP contribution is -2.17. The van der Waals surface area contributed by atoms with E-state index in [2.05, 4.69) is 10.1 Å². The van der Waals surface area contributed by atoms with Gasteiger partial charge in [0.1, 0.15) is 16.9 Å². The van der Waals surface area contributed by atoms with Gasteiger partial charge in [0.05, 0.1) is 6.04 Å². The van der Waals surface area contributed by atoms with Crippen LogP contribution in [0.3, 0.4) is 0 Å². The van der Waals surface area contributed by atoms with Crippen molar-refractivity contribution in [3.63, 3.8) is 0 Å². The fourth-order valence-corrected chi connectivity index (χ4v) is 4.53. The van der Waals surface area contributed by atoms with Gasteiger partial charge in [0.15, 0.2) is 12.0 Å². The highest BCUT2D eigenvalue weighted by atomic mass is 32.2. The standard InChI is InChI=1S/C14H10F5N3O2S/c15-6-1-2-8(16)7(3-6)10-4-9(17)12-20-13(21-22(10)12)25(23,24)11-5-14(11,18)19/h1-3,9-11H,4-5H2. The van der Waals surface area contributed by atoms with Crippen LogP contribution in [0.15, 0.2) is 23.4 Å². The molecule has 1 aromatic heterocycles. The summed E-state index contributed by atoms with van der Waals surface area (Å²) in [5, 5.41) is 0.762. The second kappa shape index (κ2) is 4.99. The average molecular weight is 379 g/mol. The van der Waals surface area contributed by atoms with Gasteiger partial charge in [-0.25, -0.2) is 35.1 Å². The number of alkyl halides is 3. The topological polar surface area (TPSA) is 64.8 Å². The Kier molecular flexibility index (Phi) is 3.28. The fourth-order valence-electron chi connectivity index (χ4n) is 2.96. The molecule has 0 saturated heterocycles. The molecule has 0 radical (unpaired) electrons. The second-order valence-electron chi connectivity index (χ2n) is 6.08. The largest absolute Gasteiger partial charge is 0.267 e. The normalized spacial score (nSPS) is 27.3. The summed E-state index contributed by atoms with van der Waals surface area (Å²) in [4.78, 5) is 3.54. The first-order valence-corrected chi connectivity index (χ1v) is 8.83. The van der Waals surface area contributed by atoms with Crippen LogP contribution in [-0.2, 0) is 9.84 Å². The molecule has 1 aliphatic heterocycles. The van der Waals surface area contributed by atoms with Crippen molar-refractivity contribution in [2.75, 3.05) is 0 Å². The van der Waals surface area contributed by atoms with Gasteiger partial charge in [0, 0.05) is 18.4 Å². The minimum atomic E-state index is -4.53. The van der Waals surface area contributed by atoms with Gasteiger partial charge >= 0.3 is 0 Å². The number of nitrogens with zero attached hydrogens (tertiary/aromatic N) is 3. The zero-order valence-corrected chi connectivity index (χ0v) is 13.2. The Balaban J connectivity index is 1.77. The van der Waals surface area contributed by atoms with E-state index in [0.717, 1.165) is 22.9 Å². The van der Waals surface area contributed by atoms with Crippen molar-refractivity contribution >= 4 is 9.84 Å². The van der Waals surface area contributed by atoms with Gasteiger partial charge in [-0.3, -0.25) is 0 Å². The third-order valence-corrected chi connectivity index (χ3v) is 6.30. The van der Waals surface area contributed by atoms with Crippen LogP contribution in [0.25, 0.3) is 0 Å². The summed E-state index contributed by atoms with van der Waals surface area (Å²) in [7, 11) is -4.53. The van der Waals surface area contributed by atoms with E-state index >= 15 is 0 Å². The van der Waals surface area contributed by atoms with Crippen molar-refractivity contribution in [2.45, 2.75) is 41.4 Å². The Bertz CT molecular complexity index is 975. The Morgan fingerprint density at radius 2 is 1.92 bits per heavy atom. The highest BCUT2D eigenvalue weighted by molar-refractivity contribution is 7.92. The number of halogens is 5. The minimum absolute atomic E-state index is 0.216. The highest BCUT2D eigenvalue weighted by Crippen LogP contribution is 2.49. The van der Waals surface area contributed by atoms with E-state index in [9.17, 15) is 30.4 Å². The summed E-state index contributed by atoms with van der Waals surface area (Å²) in [6.45, 7) is 0. The molecule has 2 aromatic rings. The number of fused-ring (bicyclic) bond motifs is 1. The van der Waals surface area contributed by atoms with E-state index in [0.29, 0.717) is 0 Å². The van der Waals surface area contributed by atoms with Gasteiger partial charge in [0.2, 0.25) is 9.84 Å². The van der Waals surface area contributed by atoms with Crippen molar-refractivity contribution in [3.8, 4) is 0 Å².